The van der Waals surface area contributed by atoms with Gasteiger partial charge in [-0.15, -0.1) is 10.2 Å². The number of hydrogen-bond donors (Lipinski definition) is 0. The SMILES string of the molecule is CCn1c(SCCN2C(=O)c3ccccc3C2=O)nnc1-c1ccoc1C. The van der Waals surface area contributed by atoms with Gasteiger partial charge < -0.3 is 8.98 Å². The monoisotopic (exact) mass is 382 g/mol. The van der Waals surface area contributed by atoms with E-state index in [1.807, 2.05) is 24.5 Å². The van der Waals surface area contributed by atoms with Crippen LogP contribution in [-0.2, 0) is 6.54 Å². The Hall–Kier alpha value is -2.87. The molecule has 0 saturated heterocycles. The number of imide groups is 1. The predicted octanol–water partition coefficient (Wildman–Crippen LogP) is 3.25. The molecule has 4 rings (SSSR count). The van der Waals surface area contributed by atoms with E-state index in [0.29, 0.717) is 30.0 Å². The smallest absolute Gasteiger partial charge is 0.261 e. The number of aromatic nitrogens is 3. The molecule has 1 aromatic carbocycles. The van der Waals surface area contributed by atoms with Crippen molar-refractivity contribution in [2.45, 2.75) is 25.5 Å². The van der Waals surface area contributed by atoms with E-state index in [4.69, 9.17) is 4.42 Å². The van der Waals surface area contributed by atoms with Gasteiger partial charge in [-0.3, -0.25) is 14.5 Å². The molecule has 0 saturated carbocycles. The molecular formula is C19H18N4O3S. The second kappa shape index (κ2) is 7.03. The summed E-state index contributed by atoms with van der Waals surface area (Å²) >= 11 is 1.48. The molecular weight excluding hydrogens is 364 g/mol. The molecule has 0 spiro atoms. The highest BCUT2D eigenvalue weighted by Crippen LogP contribution is 2.28. The van der Waals surface area contributed by atoms with Gasteiger partial charge in [-0.1, -0.05) is 23.9 Å². The Morgan fingerprint density at radius 1 is 1.04 bits per heavy atom. The van der Waals surface area contributed by atoms with E-state index in [-0.39, 0.29) is 11.8 Å². The summed E-state index contributed by atoms with van der Waals surface area (Å²) in [7, 11) is 0. The molecule has 0 unspecified atom stereocenters. The van der Waals surface area contributed by atoms with Crippen molar-refractivity contribution in [2.24, 2.45) is 0 Å². The van der Waals surface area contributed by atoms with E-state index >= 15 is 0 Å². The van der Waals surface area contributed by atoms with Crippen LogP contribution in [0.15, 0.2) is 46.2 Å². The maximum Gasteiger partial charge on any atom is 0.261 e. The van der Waals surface area contributed by atoms with Gasteiger partial charge in [0.2, 0.25) is 0 Å². The highest BCUT2D eigenvalue weighted by molar-refractivity contribution is 7.99. The van der Waals surface area contributed by atoms with E-state index in [0.717, 1.165) is 22.3 Å². The summed E-state index contributed by atoms with van der Waals surface area (Å²) in [6.45, 7) is 4.95. The van der Waals surface area contributed by atoms with Crippen LogP contribution in [0.3, 0.4) is 0 Å². The topological polar surface area (TPSA) is 81.2 Å². The van der Waals surface area contributed by atoms with Crippen LogP contribution in [0.2, 0.25) is 0 Å². The lowest BCUT2D eigenvalue weighted by atomic mass is 10.1. The fourth-order valence-electron chi connectivity index (χ4n) is 3.17. The lowest BCUT2D eigenvalue weighted by molar-refractivity contribution is 0.0664. The van der Waals surface area contributed by atoms with Crippen LogP contribution in [0.1, 0.15) is 33.4 Å². The van der Waals surface area contributed by atoms with E-state index in [1.54, 1.807) is 30.5 Å². The van der Waals surface area contributed by atoms with Crippen LogP contribution in [0.5, 0.6) is 0 Å². The molecule has 2 amide bonds. The first kappa shape index (κ1) is 17.5. The van der Waals surface area contributed by atoms with Gasteiger partial charge in [-0.25, -0.2) is 0 Å². The second-order valence-electron chi connectivity index (χ2n) is 6.10. The zero-order valence-electron chi connectivity index (χ0n) is 15.0. The minimum Gasteiger partial charge on any atom is -0.469 e. The van der Waals surface area contributed by atoms with Crippen molar-refractivity contribution < 1.29 is 14.0 Å². The van der Waals surface area contributed by atoms with Gasteiger partial charge in [0.1, 0.15) is 5.76 Å². The van der Waals surface area contributed by atoms with Gasteiger partial charge in [-0.2, -0.15) is 0 Å². The number of aryl methyl sites for hydroxylation is 1. The number of thioether (sulfide) groups is 1. The first-order valence-electron chi connectivity index (χ1n) is 8.67. The third kappa shape index (κ3) is 2.95. The number of fused-ring (bicyclic) bond motifs is 1. The van der Waals surface area contributed by atoms with E-state index in [9.17, 15) is 9.59 Å². The van der Waals surface area contributed by atoms with Gasteiger partial charge in [0.25, 0.3) is 11.8 Å². The number of furan rings is 1. The first-order chi connectivity index (χ1) is 13.1. The molecule has 8 heteroatoms. The Morgan fingerprint density at radius 2 is 1.74 bits per heavy atom. The minimum absolute atomic E-state index is 0.233. The minimum atomic E-state index is -0.233. The molecule has 138 valence electrons. The van der Waals surface area contributed by atoms with Crippen molar-refractivity contribution in [1.29, 1.82) is 0 Å². The number of benzene rings is 1. The predicted molar refractivity (Wildman–Crippen MR) is 101 cm³/mol. The molecule has 1 aliphatic heterocycles. The Kier molecular flexibility index (Phi) is 4.57. The number of rotatable bonds is 6. The van der Waals surface area contributed by atoms with E-state index < -0.39 is 0 Å². The Labute approximate surface area is 160 Å². The van der Waals surface area contributed by atoms with Gasteiger partial charge in [0, 0.05) is 18.8 Å². The summed E-state index contributed by atoms with van der Waals surface area (Å²) < 4.78 is 7.37. The highest BCUT2D eigenvalue weighted by Gasteiger charge is 2.34. The number of carbonyl (C=O) groups is 2. The molecule has 27 heavy (non-hydrogen) atoms. The molecule has 3 heterocycles. The number of amides is 2. The fraction of sp³-hybridized carbons (Fsp3) is 0.263. The molecule has 7 nitrogen and oxygen atoms in total. The molecule has 1 aliphatic rings. The quantitative estimate of drug-likeness (QED) is 0.481. The van der Waals surface area contributed by atoms with Gasteiger partial charge in [-0.05, 0) is 32.0 Å². The Bertz CT molecular complexity index is 989. The van der Waals surface area contributed by atoms with E-state index in [2.05, 4.69) is 10.2 Å². The molecule has 0 radical (unpaired) electrons. The van der Waals surface area contributed by atoms with Crippen molar-refractivity contribution in [3.05, 3.63) is 53.5 Å². The molecule has 3 aromatic rings. The van der Waals surface area contributed by atoms with Crippen LogP contribution >= 0.6 is 11.8 Å². The second-order valence-corrected chi connectivity index (χ2v) is 7.16. The summed E-state index contributed by atoms with van der Waals surface area (Å²) in [5, 5.41) is 9.31. The molecule has 0 fully saturated rings. The van der Waals surface area contributed by atoms with Crippen LogP contribution in [0, 0.1) is 6.92 Å². The lowest BCUT2D eigenvalue weighted by Gasteiger charge is -2.13. The summed E-state index contributed by atoms with van der Waals surface area (Å²) in [6, 6.07) is 8.79. The molecule has 0 atom stereocenters. The zero-order chi connectivity index (χ0) is 19.0. The zero-order valence-corrected chi connectivity index (χ0v) is 15.8. The average molecular weight is 382 g/mol. The van der Waals surface area contributed by atoms with Gasteiger partial charge in [0.05, 0.1) is 23.0 Å². The highest BCUT2D eigenvalue weighted by atomic mass is 32.2. The number of nitrogens with zero attached hydrogens (tertiary/aromatic N) is 4. The summed E-state index contributed by atoms with van der Waals surface area (Å²) in [4.78, 5) is 26.1. The summed E-state index contributed by atoms with van der Waals surface area (Å²) in [5.41, 5.74) is 1.86. The molecule has 2 aromatic heterocycles. The standard InChI is InChI=1S/C19H18N4O3S/c1-3-22-16(13-8-10-26-12(13)2)20-21-19(22)27-11-9-23-17(24)14-6-4-5-7-15(14)18(23)25/h4-8,10H,3,9,11H2,1-2H3. The van der Waals surface area contributed by atoms with Crippen molar-refractivity contribution in [3.8, 4) is 11.4 Å². The maximum atomic E-state index is 12.4. The third-order valence-electron chi connectivity index (χ3n) is 4.56. The maximum absolute atomic E-state index is 12.4. The summed E-state index contributed by atoms with van der Waals surface area (Å²) in [6.07, 6.45) is 1.63. The van der Waals surface area contributed by atoms with Gasteiger partial charge in [0.15, 0.2) is 11.0 Å². The number of carbonyl (C=O) groups excluding carboxylic acids is 2. The molecule has 0 bridgehead atoms. The molecule has 0 aliphatic carbocycles. The summed E-state index contributed by atoms with van der Waals surface area (Å²) in [5.74, 6) is 1.63. The van der Waals surface area contributed by atoms with Crippen LogP contribution in [-0.4, -0.2) is 43.8 Å². The van der Waals surface area contributed by atoms with Crippen molar-refractivity contribution in [1.82, 2.24) is 19.7 Å². The van der Waals surface area contributed by atoms with Crippen molar-refractivity contribution in [2.75, 3.05) is 12.3 Å². The van der Waals surface area contributed by atoms with Crippen molar-refractivity contribution >= 4 is 23.6 Å². The Morgan fingerprint density at radius 3 is 2.33 bits per heavy atom. The first-order valence-corrected chi connectivity index (χ1v) is 9.66. The van der Waals surface area contributed by atoms with Crippen LogP contribution in [0.25, 0.3) is 11.4 Å². The average Bonchev–Trinajstić information content (AvgIpc) is 3.34. The normalized spacial score (nSPS) is 13.5. The van der Waals surface area contributed by atoms with Gasteiger partial charge >= 0.3 is 0 Å². The van der Waals surface area contributed by atoms with Crippen LogP contribution in [0.4, 0.5) is 0 Å². The lowest BCUT2D eigenvalue weighted by Crippen LogP contribution is -2.31. The third-order valence-corrected chi connectivity index (χ3v) is 5.50. The van der Waals surface area contributed by atoms with Crippen LogP contribution < -0.4 is 0 Å². The molecule has 0 N–H and O–H groups in total. The largest absolute Gasteiger partial charge is 0.469 e. The van der Waals surface area contributed by atoms with E-state index in [1.165, 1.54) is 16.7 Å². The fourth-order valence-corrected chi connectivity index (χ4v) is 4.09. The van der Waals surface area contributed by atoms with Crippen molar-refractivity contribution in [3.63, 3.8) is 0 Å². The number of hydrogen-bond acceptors (Lipinski definition) is 6. The Balaban J connectivity index is 1.46.